The Morgan fingerprint density at radius 1 is 1.25 bits per heavy atom. The number of carbonyl (C=O) groups excluding carboxylic acids is 1. The number of methoxy groups -OCH3 is 1. The largest absolute Gasteiger partial charge is 0.496 e. The Morgan fingerprint density at radius 3 is 2.54 bits per heavy atom. The fourth-order valence-corrected chi connectivity index (χ4v) is 3.08. The van der Waals surface area contributed by atoms with E-state index >= 15 is 0 Å². The third-order valence-corrected chi connectivity index (χ3v) is 4.63. The number of ether oxygens (including phenoxy) is 1. The zero-order valence-corrected chi connectivity index (χ0v) is 15.8. The fraction of sp³-hybridized carbons (Fsp3) is 0.316. The van der Waals surface area contributed by atoms with Crippen LogP contribution in [0.5, 0.6) is 5.75 Å². The van der Waals surface area contributed by atoms with Crippen LogP contribution >= 0.6 is 15.9 Å². The zero-order valence-electron chi connectivity index (χ0n) is 14.2. The molecule has 0 saturated carbocycles. The molecule has 24 heavy (non-hydrogen) atoms. The molecule has 0 aliphatic carbocycles. The van der Waals surface area contributed by atoms with Crippen molar-refractivity contribution in [3.8, 4) is 5.75 Å². The van der Waals surface area contributed by atoms with E-state index in [0.717, 1.165) is 21.3 Å². The van der Waals surface area contributed by atoms with Gasteiger partial charge in [-0.1, -0.05) is 53.2 Å². The van der Waals surface area contributed by atoms with E-state index in [1.54, 1.807) is 19.1 Å². The van der Waals surface area contributed by atoms with E-state index in [1.165, 1.54) is 0 Å². The van der Waals surface area contributed by atoms with E-state index in [9.17, 15) is 4.79 Å². The summed E-state index contributed by atoms with van der Waals surface area (Å²) in [5.74, 6) is 0.460. The van der Waals surface area contributed by atoms with Gasteiger partial charge in [0.05, 0.1) is 13.0 Å². The predicted octanol–water partition coefficient (Wildman–Crippen LogP) is 3.75. The van der Waals surface area contributed by atoms with Crippen LogP contribution in [0, 0.1) is 5.92 Å². The summed E-state index contributed by atoms with van der Waals surface area (Å²) in [5.41, 5.74) is 8.18. The first-order chi connectivity index (χ1) is 11.4. The van der Waals surface area contributed by atoms with Gasteiger partial charge in [0.15, 0.2) is 0 Å². The van der Waals surface area contributed by atoms with Crippen molar-refractivity contribution in [3.63, 3.8) is 0 Å². The molecule has 0 saturated heterocycles. The second-order valence-corrected chi connectivity index (χ2v) is 6.79. The maximum absolute atomic E-state index is 12.7. The van der Waals surface area contributed by atoms with Gasteiger partial charge in [0.1, 0.15) is 5.75 Å². The van der Waals surface area contributed by atoms with Crippen molar-refractivity contribution in [1.29, 1.82) is 0 Å². The highest BCUT2D eigenvalue weighted by Gasteiger charge is 2.25. The van der Waals surface area contributed by atoms with Gasteiger partial charge in [-0.2, -0.15) is 0 Å². The molecular weight excluding hydrogens is 368 g/mol. The molecule has 0 heterocycles. The van der Waals surface area contributed by atoms with E-state index in [0.29, 0.717) is 6.54 Å². The molecule has 2 aromatic carbocycles. The van der Waals surface area contributed by atoms with Crippen LogP contribution in [-0.2, 0) is 11.3 Å². The number of carbonyl (C=O) groups is 1. The number of hydrogen-bond acceptors (Lipinski definition) is 3. The van der Waals surface area contributed by atoms with Crippen molar-refractivity contribution in [2.75, 3.05) is 14.2 Å². The summed E-state index contributed by atoms with van der Waals surface area (Å²) in [7, 11) is 3.42. The number of benzene rings is 2. The smallest absolute Gasteiger partial charge is 0.227 e. The average molecular weight is 391 g/mol. The van der Waals surface area contributed by atoms with Gasteiger partial charge < -0.3 is 15.4 Å². The van der Waals surface area contributed by atoms with Crippen molar-refractivity contribution in [2.24, 2.45) is 11.7 Å². The molecule has 0 radical (unpaired) electrons. The molecule has 2 N–H and O–H groups in total. The summed E-state index contributed by atoms with van der Waals surface area (Å²) in [4.78, 5) is 14.4. The number of halogens is 1. The minimum Gasteiger partial charge on any atom is -0.496 e. The number of hydrogen-bond donors (Lipinski definition) is 1. The van der Waals surface area contributed by atoms with Crippen LogP contribution in [0.4, 0.5) is 0 Å². The Bertz CT molecular complexity index is 691. The quantitative estimate of drug-likeness (QED) is 0.816. The predicted molar refractivity (Wildman–Crippen MR) is 99.7 cm³/mol. The lowest BCUT2D eigenvalue weighted by Gasteiger charge is -2.26. The maximum atomic E-state index is 12.7. The van der Waals surface area contributed by atoms with E-state index in [1.807, 2.05) is 55.5 Å². The number of rotatable bonds is 6. The molecule has 0 spiro atoms. The van der Waals surface area contributed by atoms with Gasteiger partial charge in [0.2, 0.25) is 5.91 Å². The van der Waals surface area contributed by atoms with Gasteiger partial charge in [-0.15, -0.1) is 0 Å². The van der Waals surface area contributed by atoms with Crippen LogP contribution in [0.25, 0.3) is 0 Å². The second kappa shape index (κ2) is 8.31. The van der Waals surface area contributed by atoms with Gasteiger partial charge in [-0.25, -0.2) is 0 Å². The minimum atomic E-state index is -0.328. The minimum absolute atomic E-state index is 0.00776. The van der Waals surface area contributed by atoms with Gasteiger partial charge in [0.25, 0.3) is 0 Å². The first kappa shape index (κ1) is 18.5. The molecule has 2 rings (SSSR count). The van der Waals surface area contributed by atoms with Crippen LogP contribution in [0.15, 0.2) is 53.0 Å². The fourth-order valence-electron chi connectivity index (χ4n) is 2.67. The molecule has 0 fully saturated rings. The van der Waals surface area contributed by atoms with E-state index in [4.69, 9.17) is 10.5 Å². The summed E-state index contributed by atoms with van der Waals surface area (Å²) in [6.45, 7) is 2.34. The molecule has 2 aromatic rings. The lowest BCUT2D eigenvalue weighted by Crippen LogP contribution is -2.36. The summed E-state index contributed by atoms with van der Waals surface area (Å²) in [5, 5.41) is 0. The van der Waals surface area contributed by atoms with Crippen molar-refractivity contribution >= 4 is 21.8 Å². The molecule has 0 aliphatic rings. The maximum Gasteiger partial charge on any atom is 0.227 e. The molecule has 0 bridgehead atoms. The van der Waals surface area contributed by atoms with Crippen molar-refractivity contribution in [1.82, 2.24) is 4.90 Å². The standard InChI is InChI=1S/C19H23BrN2O2/c1-13(18(21)14-7-5-4-6-8-14)19(23)22(2)12-15-11-16(20)9-10-17(15)24-3/h4-11,13,18H,12,21H2,1-3H3. The summed E-state index contributed by atoms with van der Waals surface area (Å²) in [6.07, 6.45) is 0. The van der Waals surface area contributed by atoms with E-state index < -0.39 is 0 Å². The van der Waals surface area contributed by atoms with E-state index in [-0.39, 0.29) is 17.9 Å². The molecule has 128 valence electrons. The van der Waals surface area contributed by atoms with Crippen molar-refractivity contribution < 1.29 is 9.53 Å². The van der Waals surface area contributed by atoms with Crippen LogP contribution in [0.1, 0.15) is 24.1 Å². The molecule has 2 atom stereocenters. The van der Waals surface area contributed by atoms with Gasteiger partial charge in [-0.05, 0) is 23.8 Å². The normalized spacial score (nSPS) is 13.2. The highest BCUT2D eigenvalue weighted by atomic mass is 79.9. The molecule has 5 heteroatoms. The van der Waals surface area contributed by atoms with Crippen molar-refractivity contribution in [2.45, 2.75) is 19.5 Å². The zero-order chi connectivity index (χ0) is 17.7. The van der Waals surface area contributed by atoms with E-state index in [2.05, 4.69) is 15.9 Å². The summed E-state index contributed by atoms with van der Waals surface area (Å²) >= 11 is 3.46. The first-order valence-corrected chi connectivity index (χ1v) is 8.61. The lowest BCUT2D eigenvalue weighted by molar-refractivity contribution is -0.134. The topological polar surface area (TPSA) is 55.6 Å². The number of amides is 1. The third-order valence-electron chi connectivity index (χ3n) is 4.14. The number of nitrogens with zero attached hydrogens (tertiary/aromatic N) is 1. The summed E-state index contributed by atoms with van der Waals surface area (Å²) in [6, 6.07) is 15.1. The Morgan fingerprint density at radius 2 is 1.92 bits per heavy atom. The molecule has 1 amide bonds. The Hall–Kier alpha value is -1.85. The van der Waals surface area contributed by atoms with Crippen LogP contribution in [0.2, 0.25) is 0 Å². The highest BCUT2D eigenvalue weighted by Crippen LogP contribution is 2.26. The summed E-state index contributed by atoms with van der Waals surface area (Å²) < 4.78 is 6.33. The van der Waals surface area contributed by atoms with Gasteiger partial charge in [-0.3, -0.25) is 4.79 Å². The monoisotopic (exact) mass is 390 g/mol. The first-order valence-electron chi connectivity index (χ1n) is 7.82. The van der Waals surface area contributed by atoms with Crippen molar-refractivity contribution in [3.05, 3.63) is 64.1 Å². The second-order valence-electron chi connectivity index (χ2n) is 5.88. The van der Waals surface area contributed by atoms with Gasteiger partial charge >= 0.3 is 0 Å². The number of nitrogens with two attached hydrogens (primary N) is 1. The SMILES string of the molecule is COc1ccc(Br)cc1CN(C)C(=O)C(C)C(N)c1ccccc1. The Kier molecular flexibility index (Phi) is 6.40. The average Bonchev–Trinajstić information content (AvgIpc) is 2.60. The Labute approximate surface area is 151 Å². The molecular formula is C19H23BrN2O2. The highest BCUT2D eigenvalue weighted by molar-refractivity contribution is 9.10. The molecule has 0 aliphatic heterocycles. The van der Waals surface area contributed by atoms with Crippen LogP contribution in [0.3, 0.4) is 0 Å². The molecule has 2 unspecified atom stereocenters. The molecule has 4 nitrogen and oxygen atoms in total. The van der Waals surface area contributed by atoms with Crippen LogP contribution < -0.4 is 10.5 Å². The van der Waals surface area contributed by atoms with Gasteiger partial charge in [0, 0.05) is 29.7 Å². The van der Waals surface area contributed by atoms with Crippen LogP contribution in [-0.4, -0.2) is 25.0 Å². The Balaban J connectivity index is 2.10. The third kappa shape index (κ3) is 4.36. The lowest BCUT2D eigenvalue weighted by atomic mass is 9.94. The molecule has 0 aromatic heterocycles.